The normalized spacial score (nSPS) is 28.5. The van der Waals surface area contributed by atoms with E-state index in [2.05, 4.69) is 20.6 Å². The molecule has 4 aliphatic rings. The zero-order chi connectivity index (χ0) is 28.4. The van der Waals surface area contributed by atoms with E-state index < -0.39 is 35.5 Å². The molecule has 4 aliphatic heterocycles. The minimum atomic E-state index is -2.64. The number of likely N-dealkylation sites (tertiary alicyclic amines) is 1. The van der Waals surface area contributed by atoms with Crippen LogP contribution in [0.15, 0.2) is 58.5 Å². The van der Waals surface area contributed by atoms with E-state index in [1.54, 1.807) is 18.2 Å². The van der Waals surface area contributed by atoms with Crippen LogP contribution in [0.1, 0.15) is 28.8 Å². The Morgan fingerprint density at radius 3 is 2.55 bits per heavy atom. The van der Waals surface area contributed by atoms with Gasteiger partial charge in [-0.25, -0.2) is 9.98 Å². The van der Waals surface area contributed by atoms with Crippen LogP contribution in [0.4, 0.5) is 0 Å². The summed E-state index contributed by atoms with van der Waals surface area (Å²) in [6, 6.07) is 11.7. The van der Waals surface area contributed by atoms with Gasteiger partial charge in [0.05, 0.1) is 12.6 Å². The van der Waals surface area contributed by atoms with E-state index in [0.717, 1.165) is 21.6 Å². The summed E-state index contributed by atoms with van der Waals surface area (Å²) in [5.41, 5.74) is 13.7. The zero-order valence-electron chi connectivity index (χ0n) is 21.7. The number of nitrogens with zero attached hydrogens (tertiary/aromatic N) is 4. The maximum Gasteiger partial charge on any atom is 0.251 e. The van der Waals surface area contributed by atoms with Gasteiger partial charge in [0.2, 0.25) is 17.6 Å². The standard InChI is InChI=1S/C27H30N8O5/c1-14-5-2-3-8-17(14)15-6-4-7-16(11-15)23(38)31-19-13-35-25(29)30-18(12-34-20(36)9-10-21(34)37)22-26(35,27(19,39)40)33-24(28)32-22/h2-8,11,18-19,22,39-40H,9-10,12-13H2,1H3,(H2,29,30)(H,31,38)(H3,28,32,33)/t18-,19?,22-,26?/m0/s1. The number of imide groups is 1. The molecule has 3 amide bonds. The third-order valence-corrected chi connectivity index (χ3v) is 8.21. The molecule has 0 radical (unpaired) electrons. The summed E-state index contributed by atoms with van der Waals surface area (Å²) < 4.78 is 0. The van der Waals surface area contributed by atoms with E-state index in [-0.39, 0.29) is 49.7 Å². The molecular formula is C27H30N8O5. The summed E-state index contributed by atoms with van der Waals surface area (Å²) >= 11 is 0. The number of carbonyl (C=O) groups is 3. The first-order valence-corrected chi connectivity index (χ1v) is 13.0. The predicted octanol–water partition coefficient (Wildman–Crippen LogP) is -1.41. The predicted molar refractivity (Wildman–Crippen MR) is 144 cm³/mol. The first kappa shape index (κ1) is 25.8. The molecule has 4 atom stereocenters. The van der Waals surface area contributed by atoms with Crippen LogP contribution in [0.5, 0.6) is 0 Å². The van der Waals surface area contributed by atoms with E-state index in [9.17, 15) is 24.6 Å². The van der Waals surface area contributed by atoms with Gasteiger partial charge in [-0.1, -0.05) is 36.4 Å². The number of nitrogens with one attached hydrogen (secondary N) is 2. The molecule has 1 spiro atoms. The van der Waals surface area contributed by atoms with Crippen molar-refractivity contribution >= 4 is 29.6 Å². The summed E-state index contributed by atoms with van der Waals surface area (Å²) in [5.74, 6) is -4.00. The van der Waals surface area contributed by atoms with E-state index >= 15 is 0 Å². The molecule has 0 saturated carbocycles. The summed E-state index contributed by atoms with van der Waals surface area (Å²) in [4.78, 5) is 49.3. The van der Waals surface area contributed by atoms with Gasteiger partial charge in [-0.15, -0.1) is 0 Å². The van der Waals surface area contributed by atoms with E-state index in [1.165, 1.54) is 4.90 Å². The Kier molecular flexibility index (Phi) is 5.82. The van der Waals surface area contributed by atoms with E-state index in [1.807, 2.05) is 37.3 Å². The fourth-order valence-corrected chi connectivity index (χ4v) is 6.22. The highest BCUT2D eigenvalue weighted by atomic mass is 16.5. The zero-order valence-corrected chi connectivity index (χ0v) is 21.7. The van der Waals surface area contributed by atoms with Gasteiger partial charge in [-0.3, -0.25) is 19.3 Å². The second-order valence-corrected chi connectivity index (χ2v) is 10.6. The molecule has 13 heteroatoms. The lowest BCUT2D eigenvalue weighted by molar-refractivity contribution is -0.230. The monoisotopic (exact) mass is 546 g/mol. The van der Waals surface area contributed by atoms with Crippen molar-refractivity contribution in [2.24, 2.45) is 21.5 Å². The Bertz CT molecular complexity index is 1470. The van der Waals surface area contributed by atoms with Gasteiger partial charge in [0.25, 0.3) is 5.91 Å². The summed E-state index contributed by atoms with van der Waals surface area (Å²) in [5, 5.41) is 28.9. The van der Waals surface area contributed by atoms with Crippen LogP contribution >= 0.6 is 0 Å². The first-order chi connectivity index (χ1) is 19.0. The van der Waals surface area contributed by atoms with Crippen LogP contribution in [-0.2, 0) is 9.59 Å². The molecular weight excluding hydrogens is 516 g/mol. The Hall–Kier alpha value is -4.49. The fraction of sp³-hybridized carbons (Fsp3) is 0.370. The Morgan fingerprint density at radius 1 is 1.10 bits per heavy atom. The molecule has 2 fully saturated rings. The molecule has 0 aromatic heterocycles. The molecule has 0 aliphatic carbocycles. The lowest BCUT2D eigenvalue weighted by Gasteiger charge is -2.49. The molecule has 2 aromatic carbocycles. The number of nitrogens with two attached hydrogens (primary N) is 2. The average Bonchev–Trinajstić information content (AvgIpc) is 3.52. The molecule has 208 valence electrons. The van der Waals surface area contributed by atoms with Crippen LogP contribution in [0.3, 0.4) is 0 Å². The van der Waals surface area contributed by atoms with Crippen molar-refractivity contribution in [1.82, 2.24) is 20.4 Å². The number of amides is 3. The van der Waals surface area contributed by atoms with Crippen LogP contribution in [0.2, 0.25) is 0 Å². The van der Waals surface area contributed by atoms with Gasteiger partial charge in [0.1, 0.15) is 12.1 Å². The highest BCUT2D eigenvalue weighted by Gasteiger charge is 2.73. The maximum absolute atomic E-state index is 13.4. The maximum atomic E-state index is 13.4. The second-order valence-electron chi connectivity index (χ2n) is 10.6. The number of hydrogen-bond acceptors (Lipinski definition) is 11. The third kappa shape index (κ3) is 3.72. The molecule has 6 rings (SSSR count). The number of guanidine groups is 2. The van der Waals surface area contributed by atoms with Gasteiger partial charge < -0.3 is 37.2 Å². The van der Waals surface area contributed by atoms with Crippen molar-refractivity contribution in [3.63, 3.8) is 0 Å². The van der Waals surface area contributed by atoms with E-state index in [4.69, 9.17) is 11.5 Å². The van der Waals surface area contributed by atoms with E-state index in [0.29, 0.717) is 5.56 Å². The average molecular weight is 547 g/mol. The summed E-state index contributed by atoms with van der Waals surface area (Å²) in [7, 11) is 0. The van der Waals surface area contributed by atoms with Gasteiger partial charge in [0, 0.05) is 24.9 Å². The van der Waals surface area contributed by atoms with Crippen molar-refractivity contribution in [2.45, 2.75) is 49.3 Å². The summed E-state index contributed by atoms with van der Waals surface area (Å²) in [6.07, 6.45) is 0.193. The lowest BCUT2D eigenvalue weighted by atomic mass is 9.84. The molecule has 4 heterocycles. The van der Waals surface area contributed by atoms with Crippen molar-refractivity contribution in [1.29, 1.82) is 0 Å². The Labute approximate surface area is 229 Å². The molecule has 8 N–H and O–H groups in total. The number of aliphatic hydroxyl groups is 2. The Morgan fingerprint density at radius 2 is 1.82 bits per heavy atom. The van der Waals surface area contributed by atoms with Gasteiger partial charge in [-0.05, 0) is 35.7 Å². The number of aryl methyl sites for hydroxylation is 1. The van der Waals surface area contributed by atoms with Crippen molar-refractivity contribution in [3.05, 3.63) is 59.7 Å². The highest BCUT2D eigenvalue weighted by molar-refractivity contribution is 6.02. The number of hydrogen-bond donors (Lipinski definition) is 6. The van der Waals surface area contributed by atoms with Crippen molar-refractivity contribution in [2.75, 3.05) is 13.1 Å². The van der Waals surface area contributed by atoms with Crippen LogP contribution in [0, 0.1) is 6.92 Å². The first-order valence-electron chi connectivity index (χ1n) is 13.0. The van der Waals surface area contributed by atoms with Crippen LogP contribution in [0.25, 0.3) is 11.1 Å². The van der Waals surface area contributed by atoms with Crippen LogP contribution < -0.4 is 22.1 Å². The minimum absolute atomic E-state index is 0.0662. The SMILES string of the molecule is Cc1ccccc1-c1cccc(C(=O)NC2CN3C(N)=N[C@@H](CN4C(=O)CCC4=O)[C@@H]4N=C(N)NC43C2(O)O)c1. The second kappa shape index (κ2) is 9.03. The summed E-state index contributed by atoms with van der Waals surface area (Å²) in [6.45, 7) is 1.72. The van der Waals surface area contributed by atoms with Crippen molar-refractivity contribution in [3.8, 4) is 11.1 Å². The molecule has 0 bridgehead atoms. The number of rotatable bonds is 5. The highest BCUT2D eigenvalue weighted by Crippen LogP contribution is 2.45. The minimum Gasteiger partial charge on any atom is -0.370 e. The lowest BCUT2D eigenvalue weighted by Crippen LogP contribution is -2.78. The number of benzene rings is 2. The number of aliphatic imine (C=N–C) groups is 2. The largest absolute Gasteiger partial charge is 0.370 e. The van der Waals surface area contributed by atoms with Gasteiger partial charge in [-0.2, -0.15) is 0 Å². The van der Waals surface area contributed by atoms with Gasteiger partial charge >= 0.3 is 0 Å². The quantitative estimate of drug-likeness (QED) is 0.193. The molecule has 2 unspecified atom stereocenters. The molecule has 13 nitrogen and oxygen atoms in total. The fourth-order valence-electron chi connectivity index (χ4n) is 6.22. The van der Waals surface area contributed by atoms with Crippen LogP contribution in [-0.4, -0.2) is 92.3 Å². The smallest absolute Gasteiger partial charge is 0.251 e. The molecule has 40 heavy (non-hydrogen) atoms. The van der Waals surface area contributed by atoms with Gasteiger partial charge in [0.15, 0.2) is 17.6 Å². The Balaban J connectivity index is 1.29. The third-order valence-electron chi connectivity index (χ3n) is 8.21. The number of carbonyl (C=O) groups excluding carboxylic acids is 3. The molecule has 2 saturated heterocycles. The van der Waals surface area contributed by atoms with Crippen molar-refractivity contribution < 1.29 is 24.6 Å². The molecule has 2 aromatic rings. The topological polar surface area (TPSA) is 199 Å².